The minimum Gasteiger partial charge on any atom is -0.481 e. The number of carbonyl (C=O) groups is 1. The molecule has 96 valence electrons. The van der Waals surface area contributed by atoms with Gasteiger partial charge in [-0.15, -0.1) is 0 Å². The fourth-order valence-electron chi connectivity index (χ4n) is 1.83. The van der Waals surface area contributed by atoms with Crippen molar-refractivity contribution in [3.05, 3.63) is 35.4 Å². The second kappa shape index (κ2) is 5.64. The average molecular weight is 248 g/mol. The fourth-order valence-corrected chi connectivity index (χ4v) is 1.83. The Kier molecular flexibility index (Phi) is 3.94. The molecule has 0 aromatic heterocycles. The smallest absolute Gasteiger partial charge is 0.303 e. The zero-order valence-corrected chi connectivity index (χ0v) is 10.0. The summed E-state index contributed by atoms with van der Waals surface area (Å²) in [6.07, 6.45) is 0.519. The molecule has 18 heavy (non-hydrogen) atoms. The van der Waals surface area contributed by atoms with Gasteiger partial charge in [0.15, 0.2) is 0 Å². The first-order chi connectivity index (χ1) is 8.66. The molecule has 1 aliphatic heterocycles. The lowest BCUT2D eigenvalue weighted by Gasteiger charge is -2.11. The summed E-state index contributed by atoms with van der Waals surface area (Å²) in [5, 5.41) is 8.61. The number of nitrogens with two attached hydrogens (primary N) is 1. The van der Waals surface area contributed by atoms with Crippen LogP contribution in [0.3, 0.4) is 0 Å². The van der Waals surface area contributed by atoms with E-state index in [0.717, 1.165) is 11.1 Å². The van der Waals surface area contributed by atoms with Crippen LogP contribution in [0.4, 0.5) is 0 Å². The highest BCUT2D eigenvalue weighted by molar-refractivity contribution is 5.94. The van der Waals surface area contributed by atoms with E-state index in [1.54, 1.807) is 0 Å². The predicted molar refractivity (Wildman–Crippen MR) is 67.6 cm³/mol. The molecule has 0 amide bonds. The molecule has 5 nitrogen and oxygen atoms in total. The third kappa shape index (κ3) is 3.07. The van der Waals surface area contributed by atoms with Crippen molar-refractivity contribution in [3.63, 3.8) is 0 Å². The molecule has 0 saturated heterocycles. The van der Waals surface area contributed by atoms with Crippen molar-refractivity contribution in [1.82, 2.24) is 0 Å². The van der Waals surface area contributed by atoms with Crippen molar-refractivity contribution in [1.29, 1.82) is 0 Å². The van der Waals surface area contributed by atoms with Gasteiger partial charge in [0.1, 0.15) is 6.61 Å². The van der Waals surface area contributed by atoms with Gasteiger partial charge in [0.25, 0.3) is 0 Å². The maximum absolute atomic E-state index is 10.5. The molecule has 1 aromatic carbocycles. The summed E-state index contributed by atoms with van der Waals surface area (Å²) in [7, 11) is 0. The number of carboxylic acid groups (broad SMARTS) is 1. The molecule has 0 saturated carbocycles. The van der Waals surface area contributed by atoms with Gasteiger partial charge in [0, 0.05) is 18.0 Å². The second-order valence-electron chi connectivity index (χ2n) is 4.20. The van der Waals surface area contributed by atoms with Crippen LogP contribution in [0.2, 0.25) is 0 Å². The van der Waals surface area contributed by atoms with Crippen LogP contribution >= 0.6 is 0 Å². The molecule has 5 heteroatoms. The number of hydrogen-bond donors (Lipinski definition) is 2. The van der Waals surface area contributed by atoms with Gasteiger partial charge in [0.2, 0.25) is 5.90 Å². The normalized spacial score (nSPS) is 15.9. The summed E-state index contributed by atoms with van der Waals surface area (Å²) in [6.45, 7) is 1.34. The van der Waals surface area contributed by atoms with Crippen LogP contribution < -0.4 is 5.73 Å². The zero-order valence-electron chi connectivity index (χ0n) is 10.0. The lowest BCUT2D eigenvalue weighted by molar-refractivity contribution is -0.137. The quantitative estimate of drug-likeness (QED) is 0.823. The number of aliphatic imine (C=N–C) groups is 1. The monoisotopic (exact) mass is 248 g/mol. The van der Waals surface area contributed by atoms with E-state index in [2.05, 4.69) is 4.99 Å². The molecule has 0 aliphatic carbocycles. The topological polar surface area (TPSA) is 84.9 Å². The first-order valence-corrected chi connectivity index (χ1v) is 5.92. The van der Waals surface area contributed by atoms with Crippen molar-refractivity contribution >= 4 is 11.9 Å². The molecule has 0 bridgehead atoms. The van der Waals surface area contributed by atoms with E-state index in [-0.39, 0.29) is 12.5 Å². The van der Waals surface area contributed by atoms with Crippen LogP contribution in [0.1, 0.15) is 30.0 Å². The summed E-state index contributed by atoms with van der Waals surface area (Å²) >= 11 is 0. The third-order valence-corrected chi connectivity index (χ3v) is 2.84. The fraction of sp³-hybridized carbons (Fsp3) is 0.385. The van der Waals surface area contributed by atoms with E-state index in [9.17, 15) is 4.79 Å². The highest BCUT2D eigenvalue weighted by Gasteiger charge is 2.12. The van der Waals surface area contributed by atoms with Crippen molar-refractivity contribution < 1.29 is 14.6 Å². The van der Waals surface area contributed by atoms with E-state index in [0.29, 0.717) is 25.5 Å². The highest BCUT2D eigenvalue weighted by atomic mass is 16.5. The van der Waals surface area contributed by atoms with Gasteiger partial charge in [0.05, 0.1) is 6.54 Å². The third-order valence-electron chi connectivity index (χ3n) is 2.84. The Morgan fingerprint density at radius 2 is 2.17 bits per heavy atom. The lowest BCUT2D eigenvalue weighted by Crippen LogP contribution is -2.12. The Labute approximate surface area is 105 Å². The van der Waals surface area contributed by atoms with E-state index in [4.69, 9.17) is 15.6 Å². The Morgan fingerprint density at radius 1 is 1.44 bits per heavy atom. The van der Waals surface area contributed by atoms with Crippen molar-refractivity contribution in [2.75, 3.05) is 13.2 Å². The first-order valence-electron chi connectivity index (χ1n) is 5.92. The average Bonchev–Trinajstić information content (AvgIpc) is 2.90. The van der Waals surface area contributed by atoms with Crippen molar-refractivity contribution in [2.24, 2.45) is 10.7 Å². The molecule has 1 unspecified atom stereocenters. The van der Waals surface area contributed by atoms with E-state index < -0.39 is 5.97 Å². The molecule has 0 spiro atoms. The molecule has 3 N–H and O–H groups in total. The summed E-state index contributed by atoms with van der Waals surface area (Å²) in [5.74, 6) is -0.156. The van der Waals surface area contributed by atoms with Crippen LogP contribution in [0.15, 0.2) is 29.3 Å². The molecule has 1 atom stereocenters. The largest absolute Gasteiger partial charge is 0.481 e. The van der Waals surface area contributed by atoms with Crippen LogP contribution in [-0.2, 0) is 9.53 Å². The van der Waals surface area contributed by atoms with E-state index >= 15 is 0 Å². The van der Waals surface area contributed by atoms with E-state index in [1.165, 1.54) is 0 Å². The van der Waals surface area contributed by atoms with Crippen molar-refractivity contribution in [3.8, 4) is 0 Å². The van der Waals surface area contributed by atoms with Gasteiger partial charge in [-0.2, -0.15) is 0 Å². The number of aliphatic carboxylic acids is 1. The van der Waals surface area contributed by atoms with Gasteiger partial charge in [-0.05, 0) is 24.1 Å². The number of nitrogens with zero attached hydrogens (tertiary/aromatic N) is 1. The van der Waals surface area contributed by atoms with Gasteiger partial charge in [-0.1, -0.05) is 12.1 Å². The van der Waals surface area contributed by atoms with Crippen LogP contribution in [0.25, 0.3) is 0 Å². The SMILES string of the molecule is NC(CCC(=O)O)c1ccc(C2=NCCO2)cc1. The molecule has 1 aliphatic rings. The minimum absolute atomic E-state index is 0.0821. The van der Waals surface area contributed by atoms with Gasteiger partial charge < -0.3 is 15.6 Å². The Bertz CT molecular complexity index is 454. The van der Waals surface area contributed by atoms with Gasteiger partial charge >= 0.3 is 5.97 Å². The number of hydrogen-bond acceptors (Lipinski definition) is 4. The number of rotatable bonds is 5. The maximum atomic E-state index is 10.5. The minimum atomic E-state index is -0.823. The lowest BCUT2D eigenvalue weighted by atomic mass is 10.0. The highest BCUT2D eigenvalue weighted by Crippen LogP contribution is 2.17. The van der Waals surface area contributed by atoms with E-state index in [1.807, 2.05) is 24.3 Å². The van der Waals surface area contributed by atoms with Crippen LogP contribution in [0.5, 0.6) is 0 Å². The Balaban J connectivity index is 2.00. The Hall–Kier alpha value is -1.88. The summed E-state index contributed by atoms with van der Waals surface area (Å²) in [4.78, 5) is 14.7. The molecular formula is C13H16N2O3. The molecule has 1 heterocycles. The summed E-state index contributed by atoms with van der Waals surface area (Å²) in [6, 6.07) is 7.35. The predicted octanol–water partition coefficient (Wildman–Crippen LogP) is 1.33. The zero-order chi connectivity index (χ0) is 13.0. The molecule has 0 fully saturated rings. The van der Waals surface area contributed by atoms with Crippen LogP contribution in [-0.4, -0.2) is 30.1 Å². The maximum Gasteiger partial charge on any atom is 0.303 e. The second-order valence-corrected chi connectivity index (χ2v) is 4.20. The van der Waals surface area contributed by atoms with Crippen LogP contribution in [0, 0.1) is 0 Å². The van der Waals surface area contributed by atoms with Gasteiger partial charge in [-0.25, -0.2) is 4.99 Å². The number of ether oxygens (including phenoxy) is 1. The van der Waals surface area contributed by atoms with Crippen molar-refractivity contribution in [2.45, 2.75) is 18.9 Å². The molecule has 1 aromatic rings. The van der Waals surface area contributed by atoms with Gasteiger partial charge in [-0.3, -0.25) is 4.79 Å². The Morgan fingerprint density at radius 3 is 2.72 bits per heavy atom. The standard InChI is InChI=1S/C13H16N2O3/c14-11(5-6-12(16)17)9-1-3-10(4-2-9)13-15-7-8-18-13/h1-4,11H,5-8,14H2,(H,16,17). The summed E-state index contributed by atoms with van der Waals surface area (Å²) < 4.78 is 5.36. The molecular weight excluding hydrogens is 232 g/mol. The molecule has 0 radical (unpaired) electrons. The molecule has 2 rings (SSSR count). The number of benzene rings is 1. The first kappa shape index (κ1) is 12.6. The number of carboxylic acids is 1. The summed E-state index contributed by atoms with van der Waals surface area (Å²) in [5.41, 5.74) is 7.78.